The molecule has 2 atom stereocenters. The van der Waals surface area contributed by atoms with Crippen LogP contribution in [0.5, 0.6) is 0 Å². The number of hydrogen-bond donors (Lipinski definition) is 1. The lowest BCUT2D eigenvalue weighted by atomic mass is 10.2. The largest absolute Gasteiger partial charge is 0.324 e. The number of amides is 2. The van der Waals surface area contributed by atoms with E-state index in [9.17, 15) is 9.00 Å². The fourth-order valence-electron chi connectivity index (χ4n) is 2.25. The summed E-state index contributed by atoms with van der Waals surface area (Å²) in [5, 5.41) is 8.35. The molecule has 2 amide bonds. The second-order valence-corrected chi connectivity index (χ2v) is 7.59. The topological polar surface area (TPSA) is 67.2 Å². The van der Waals surface area contributed by atoms with Crippen LogP contribution in [0, 0.1) is 0 Å². The Kier molecular flexibility index (Phi) is 5.41. The molecule has 0 saturated heterocycles. The lowest BCUT2D eigenvalue weighted by molar-refractivity contribution is 0.212. The first-order valence-corrected chi connectivity index (χ1v) is 9.33. The second kappa shape index (κ2) is 7.12. The number of fused-ring (bicyclic) bond motifs is 1. The number of benzene rings is 1. The zero-order valence-electron chi connectivity index (χ0n) is 14.2. The summed E-state index contributed by atoms with van der Waals surface area (Å²) >= 11 is 0. The fraction of sp³-hybridized carbons (Fsp3) is 0.500. The van der Waals surface area contributed by atoms with Gasteiger partial charge in [-0.05, 0) is 39.0 Å². The quantitative estimate of drug-likeness (QED) is 0.913. The molecule has 0 aliphatic carbocycles. The van der Waals surface area contributed by atoms with Crippen LogP contribution in [0.25, 0.3) is 10.9 Å². The molecular weight excluding hydrogens is 312 g/mol. The molecule has 1 heterocycles. The number of carbonyl (C=O) groups is 1. The summed E-state index contributed by atoms with van der Waals surface area (Å²) in [4.78, 5) is 13.9. The van der Waals surface area contributed by atoms with Crippen LogP contribution in [0.15, 0.2) is 24.4 Å². The van der Waals surface area contributed by atoms with E-state index in [1.54, 1.807) is 18.2 Å². The third kappa shape index (κ3) is 4.31. The third-order valence-corrected chi connectivity index (χ3v) is 4.71. The van der Waals surface area contributed by atoms with Gasteiger partial charge in [0.2, 0.25) is 0 Å². The predicted octanol–water partition coefficient (Wildman–Crippen LogP) is 2.85. The highest BCUT2D eigenvalue weighted by Gasteiger charge is 2.17. The van der Waals surface area contributed by atoms with Crippen LogP contribution in [0.2, 0.25) is 0 Å². The molecule has 1 aromatic heterocycles. The van der Waals surface area contributed by atoms with Gasteiger partial charge in [-0.3, -0.25) is 8.89 Å². The number of carbonyl (C=O) groups excluding carboxylic acids is 1. The lowest BCUT2D eigenvalue weighted by Gasteiger charge is -2.24. The van der Waals surface area contributed by atoms with Gasteiger partial charge in [-0.15, -0.1) is 0 Å². The average Bonchev–Trinajstić information content (AvgIpc) is 2.89. The molecule has 0 saturated carbocycles. The van der Waals surface area contributed by atoms with Crippen molar-refractivity contribution in [2.75, 3.05) is 24.4 Å². The SMILES string of the molecule is CC(C)n1cc2cc(NC(=O)N(C)[C@@H](C)C[S@@](C)=O)ccc2n1. The molecule has 126 valence electrons. The van der Waals surface area contributed by atoms with Gasteiger partial charge in [0.05, 0.1) is 5.52 Å². The van der Waals surface area contributed by atoms with E-state index >= 15 is 0 Å². The van der Waals surface area contributed by atoms with E-state index in [0.29, 0.717) is 11.8 Å². The normalized spacial score (nSPS) is 14.0. The second-order valence-electron chi connectivity index (χ2n) is 6.11. The summed E-state index contributed by atoms with van der Waals surface area (Å²) in [6.45, 7) is 6.03. The Bertz CT molecular complexity index is 726. The van der Waals surface area contributed by atoms with Crippen LogP contribution in [0.4, 0.5) is 10.5 Å². The molecule has 1 N–H and O–H groups in total. The fourth-order valence-corrected chi connectivity index (χ4v) is 3.15. The molecule has 0 aliphatic heterocycles. The Labute approximate surface area is 139 Å². The maximum absolute atomic E-state index is 12.3. The van der Waals surface area contributed by atoms with E-state index in [0.717, 1.165) is 16.6 Å². The van der Waals surface area contributed by atoms with Crippen molar-refractivity contribution in [2.45, 2.75) is 32.9 Å². The first-order chi connectivity index (χ1) is 10.8. The Balaban J connectivity index is 2.11. The molecule has 0 spiro atoms. The molecule has 1 aromatic carbocycles. The molecule has 0 unspecified atom stereocenters. The maximum atomic E-state index is 12.3. The van der Waals surface area contributed by atoms with Crippen molar-refractivity contribution >= 4 is 33.4 Å². The van der Waals surface area contributed by atoms with Gasteiger partial charge in [-0.25, -0.2) is 4.79 Å². The molecule has 0 bridgehead atoms. The van der Waals surface area contributed by atoms with Crippen LogP contribution >= 0.6 is 0 Å². The van der Waals surface area contributed by atoms with Gasteiger partial charge < -0.3 is 10.2 Å². The summed E-state index contributed by atoms with van der Waals surface area (Å²) in [7, 11) is 0.778. The third-order valence-electron chi connectivity index (χ3n) is 3.76. The van der Waals surface area contributed by atoms with Crippen molar-refractivity contribution < 1.29 is 9.00 Å². The summed E-state index contributed by atoms with van der Waals surface area (Å²) in [6, 6.07) is 5.65. The van der Waals surface area contributed by atoms with Gasteiger partial charge >= 0.3 is 6.03 Å². The zero-order valence-corrected chi connectivity index (χ0v) is 15.1. The van der Waals surface area contributed by atoms with E-state index in [4.69, 9.17) is 0 Å². The summed E-state index contributed by atoms with van der Waals surface area (Å²) < 4.78 is 13.2. The number of aromatic nitrogens is 2. The van der Waals surface area contributed by atoms with Crippen LogP contribution in [0.3, 0.4) is 0 Å². The standard InChI is InChI=1S/C16H24N4O2S/c1-11(2)20-9-13-8-14(6-7-15(13)18-20)17-16(21)19(4)12(3)10-23(5)22/h6-9,11-12H,10H2,1-5H3,(H,17,21)/t12-,23+/m0/s1. The Hall–Kier alpha value is -1.89. The lowest BCUT2D eigenvalue weighted by Crippen LogP contribution is -2.40. The van der Waals surface area contributed by atoms with Crippen LogP contribution in [-0.2, 0) is 10.8 Å². The van der Waals surface area contributed by atoms with Crippen molar-refractivity contribution in [3.05, 3.63) is 24.4 Å². The van der Waals surface area contributed by atoms with Gasteiger partial charge in [0.25, 0.3) is 0 Å². The summed E-state index contributed by atoms with van der Waals surface area (Å²) in [5.41, 5.74) is 1.63. The molecular formula is C16H24N4O2S. The van der Waals surface area contributed by atoms with E-state index in [2.05, 4.69) is 24.3 Å². The Morgan fingerprint density at radius 2 is 2.09 bits per heavy atom. The molecule has 6 nitrogen and oxygen atoms in total. The van der Waals surface area contributed by atoms with Gasteiger partial charge in [0, 0.05) is 59.2 Å². The molecule has 2 aromatic rings. The average molecular weight is 336 g/mol. The highest BCUT2D eigenvalue weighted by Crippen LogP contribution is 2.20. The minimum absolute atomic E-state index is 0.0896. The van der Waals surface area contributed by atoms with Crippen LogP contribution in [-0.4, -0.2) is 50.0 Å². The first kappa shape index (κ1) is 17.5. The monoisotopic (exact) mass is 336 g/mol. The van der Waals surface area contributed by atoms with E-state index in [1.807, 2.05) is 36.0 Å². The zero-order chi connectivity index (χ0) is 17.1. The minimum Gasteiger partial charge on any atom is -0.324 e. The smallest absolute Gasteiger partial charge is 0.321 e. The van der Waals surface area contributed by atoms with Crippen molar-refractivity contribution in [3.8, 4) is 0 Å². The number of anilines is 1. The highest BCUT2D eigenvalue weighted by molar-refractivity contribution is 7.84. The molecule has 2 rings (SSSR count). The van der Waals surface area contributed by atoms with E-state index < -0.39 is 10.8 Å². The van der Waals surface area contributed by atoms with Crippen molar-refractivity contribution in [1.82, 2.24) is 14.7 Å². The number of nitrogens with zero attached hydrogens (tertiary/aromatic N) is 3. The number of hydrogen-bond acceptors (Lipinski definition) is 3. The van der Waals surface area contributed by atoms with E-state index in [-0.39, 0.29) is 12.1 Å². The highest BCUT2D eigenvalue weighted by atomic mass is 32.2. The van der Waals surface area contributed by atoms with Gasteiger partial charge in [0.15, 0.2) is 0 Å². The number of nitrogens with one attached hydrogen (secondary N) is 1. The van der Waals surface area contributed by atoms with Gasteiger partial charge in [-0.2, -0.15) is 5.10 Å². The van der Waals surface area contributed by atoms with Crippen molar-refractivity contribution in [3.63, 3.8) is 0 Å². The number of urea groups is 1. The number of rotatable bonds is 5. The van der Waals surface area contributed by atoms with Crippen LogP contribution in [0.1, 0.15) is 26.8 Å². The summed E-state index contributed by atoms with van der Waals surface area (Å²) in [5.74, 6) is 0.462. The van der Waals surface area contributed by atoms with Crippen molar-refractivity contribution in [1.29, 1.82) is 0 Å². The summed E-state index contributed by atoms with van der Waals surface area (Å²) in [6.07, 6.45) is 3.62. The maximum Gasteiger partial charge on any atom is 0.321 e. The molecule has 0 fully saturated rings. The van der Waals surface area contributed by atoms with Gasteiger partial charge in [-0.1, -0.05) is 0 Å². The predicted molar refractivity (Wildman–Crippen MR) is 95.3 cm³/mol. The molecule has 23 heavy (non-hydrogen) atoms. The van der Waals surface area contributed by atoms with Crippen LogP contribution < -0.4 is 5.32 Å². The van der Waals surface area contributed by atoms with Crippen molar-refractivity contribution in [2.24, 2.45) is 0 Å². The van der Waals surface area contributed by atoms with E-state index in [1.165, 1.54) is 0 Å². The first-order valence-electron chi connectivity index (χ1n) is 7.60. The Morgan fingerprint density at radius 1 is 1.39 bits per heavy atom. The molecule has 0 aliphatic rings. The minimum atomic E-state index is -0.932. The Morgan fingerprint density at radius 3 is 2.70 bits per heavy atom. The molecule has 7 heteroatoms. The van der Waals surface area contributed by atoms with Gasteiger partial charge in [0.1, 0.15) is 0 Å². The molecule has 0 radical (unpaired) electrons.